The van der Waals surface area contributed by atoms with Gasteiger partial charge in [-0.3, -0.25) is 9.89 Å². The van der Waals surface area contributed by atoms with E-state index < -0.39 is 0 Å². The van der Waals surface area contributed by atoms with Gasteiger partial charge < -0.3 is 10.6 Å². The molecule has 0 bridgehead atoms. The van der Waals surface area contributed by atoms with E-state index in [-0.39, 0.29) is 0 Å². The van der Waals surface area contributed by atoms with Crippen molar-refractivity contribution in [3.63, 3.8) is 0 Å². The van der Waals surface area contributed by atoms with Gasteiger partial charge in [-0.2, -0.15) is 0 Å². The van der Waals surface area contributed by atoms with Crippen LogP contribution in [-0.4, -0.2) is 38.0 Å². The van der Waals surface area contributed by atoms with Gasteiger partial charge in [-0.25, -0.2) is 0 Å². The van der Waals surface area contributed by atoms with E-state index in [1.165, 1.54) is 29.8 Å². The number of thiophene rings is 1. The van der Waals surface area contributed by atoms with Crippen molar-refractivity contribution in [3.05, 3.63) is 56.7 Å². The second-order valence-electron chi connectivity index (χ2n) is 6.78. The van der Waals surface area contributed by atoms with Crippen LogP contribution in [0.5, 0.6) is 0 Å². The van der Waals surface area contributed by atoms with E-state index in [1.54, 1.807) is 0 Å². The SMILES string of the molecule is CN=C(NCc1cccc(Br)c1)NCC1CCCN(C)C1c1cccs1. The third-order valence-electron chi connectivity index (χ3n) is 4.95. The van der Waals surface area contributed by atoms with E-state index in [4.69, 9.17) is 0 Å². The maximum atomic E-state index is 4.39. The lowest BCUT2D eigenvalue weighted by Gasteiger charge is -2.39. The van der Waals surface area contributed by atoms with Gasteiger partial charge in [-0.1, -0.05) is 34.1 Å². The molecule has 3 rings (SSSR count). The molecule has 1 aromatic heterocycles. The number of hydrogen-bond donors (Lipinski definition) is 2. The van der Waals surface area contributed by atoms with Gasteiger partial charge in [-0.15, -0.1) is 11.3 Å². The average molecular weight is 435 g/mol. The molecule has 1 saturated heterocycles. The summed E-state index contributed by atoms with van der Waals surface area (Å²) in [4.78, 5) is 8.36. The smallest absolute Gasteiger partial charge is 0.191 e. The van der Waals surface area contributed by atoms with Gasteiger partial charge in [0.2, 0.25) is 0 Å². The van der Waals surface area contributed by atoms with Crippen molar-refractivity contribution in [2.75, 3.05) is 27.2 Å². The molecule has 1 aromatic carbocycles. The van der Waals surface area contributed by atoms with Crippen molar-refractivity contribution in [1.82, 2.24) is 15.5 Å². The highest BCUT2D eigenvalue weighted by Crippen LogP contribution is 2.36. The van der Waals surface area contributed by atoms with Gasteiger partial charge >= 0.3 is 0 Å². The van der Waals surface area contributed by atoms with E-state index in [0.29, 0.717) is 12.0 Å². The van der Waals surface area contributed by atoms with Crippen LogP contribution in [0.1, 0.15) is 29.3 Å². The summed E-state index contributed by atoms with van der Waals surface area (Å²) in [6, 6.07) is 13.3. The van der Waals surface area contributed by atoms with Crippen molar-refractivity contribution in [1.29, 1.82) is 0 Å². The maximum absolute atomic E-state index is 4.39. The molecule has 2 heterocycles. The van der Waals surface area contributed by atoms with Gasteiger partial charge in [-0.05, 0) is 61.5 Å². The number of benzene rings is 1. The molecule has 0 saturated carbocycles. The van der Waals surface area contributed by atoms with Crippen LogP contribution in [-0.2, 0) is 6.54 Å². The molecule has 140 valence electrons. The fraction of sp³-hybridized carbons (Fsp3) is 0.450. The molecule has 2 N–H and O–H groups in total. The van der Waals surface area contributed by atoms with E-state index in [1.807, 2.05) is 24.5 Å². The summed E-state index contributed by atoms with van der Waals surface area (Å²) in [7, 11) is 4.08. The molecule has 0 amide bonds. The number of aliphatic imine (C=N–C) groups is 1. The summed E-state index contributed by atoms with van der Waals surface area (Å²) in [6.07, 6.45) is 2.51. The molecule has 1 fully saturated rings. The molecule has 2 aromatic rings. The summed E-state index contributed by atoms with van der Waals surface area (Å²) >= 11 is 5.39. The van der Waals surface area contributed by atoms with Crippen LogP contribution in [0, 0.1) is 5.92 Å². The van der Waals surface area contributed by atoms with Gasteiger partial charge in [0.25, 0.3) is 0 Å². The summed E-state index contributed by atoms with van der Waals surface area (Å²) in [5, 5.41) is 9.14. The Morgan fingerprint density at radius 1 is 1.31 bits per heavy atom. The molecule has 0 radical (unpaired) electrons. The Balaban J connectivity index is 1.56. The van der Waals surface area contributed by atoms with Crippen LogP contribution in [0.2, 0.25) is 0 Å². The third-order valence-corrected chi connectivity index (χ3v) is 6.38. The lowest BCUT2D eigenvalue weighted by molar-refractivity contribution is 0.125. The van der Waals surface area contributed by atoms with E-state index in [2.05, 4.69) is 79.2 Å². The zero-order chi connectivity index (χ0) is 18.4. The van der Waals surface area contributed by atoms with Crippen molar-refractivity contribution in [2.24, 2.45) is 10.9 Å². The van der Waals surface area contributed by atoms with E-state index >= 15 is 0 Å². The van der Waals surface area contributed by atoms with Crippen LogP contribution in [0.4, 0.5) is 0 Å². The Bertz CT molecular complexity index is 716. The quantitative estimate of drug-likeness (QED) is 0.545. The highest BCUT2D eigenvalue weighted by atomic mass is 79.9. The number of guanidine groups is 1. The fourth-order valence-corrected chi connectivity index (χ4v) is 5.09. The van der Waals surface area contributed by atoms with Crippen LogP contribution in [0.25, 0.3) is 0 Å². The van der Waals surface area contributed by atoms with Gasteiger partial charge in [0.1, 0.15) is 0 Å². The molecule has 1 aliphatic rings. The van der Waals surface area contributed by atoms with Crippen molar-refractivity contribution >= 4 is 33.2 Å². The molecule has 2 atom stereocenters. The van der Waals surface area contributed by atoms with Crippen LogP contribution >= 0.6 is 27.3 Å². The lowest BCUT2D eigenvalue weighted by atomic mass is 9.88. The second kappa shape index (κ2) is 9.53. The van der Waals surface area contributed by atoms with Gasteiger partial charge in [0.15, 0.2) is 5.96 Å². The molecular weight excluding hydrogens is 408 g/mol. The molecule has 1 aliphatic heterocycles. The molecule has 0 aliphatic carbocycles. The Labute approximate surface area is 168 Å². The molecule has 4 nitrogen and oxygen atoms in total. The normalized spacial score (nSPS) is 21.6. The Morgan fingerprint density at radius 3 is 2.92 bits per heavy atom. The minimum atomic E-state index is 0.499. The van der Waals surface area contributed by atoms with Crippen molar-refractivity contribution < 1.29 is 0 Å². The first-order valence-electron chi connectivity index (χ1n) is 9.10. The number of likely N-dealkylation sites (tertiary alicyclic amines) is 1. The third kappa shape index (κ3) is 5.09. The van der Waals surface area contributed by atoms with Gasteiger partial charge in [0, 0.05) is 35.5 Å². The summed E-state index contributed by atoms with van der Waals surface area (Å²) in [6.45, 7) is 2.87. The first-order valence-corrected chi connectivity index (χ1v) is 10.8. The minimum absolute atomic E-state index is 0.499. The number of nitrogens with zero attached hydrogens (tertiary/aromatic N) is 2. The Hall–Kier alpha value is -1.37. The summed E-state index contributed by atoms with van der Waals surface area (Å²) in [5.74, 6) is 1.46. The second-order valence-corrected chi connectivity index (χ2v) is 8.67. The minimum Gasteiger partial charge on any atom is -0.356 e. The summed E-state index contributed by atoms with van der Waals surface area (Å²) in [5.41, 5.74) is 1.23. The zero-order valence-corrected chi connectivity index (χ0v) is 17.8. The first-order chi connectivity index (χ1) is 12.7. The summed E-state index contributed by atoms with van der Waals surface area (Å²) < 4.78 is 1.10. The highest BCUT2D eigenvalue weighted by molar-refractivity contribution is 9.10. The Kier molecular flexibility index (Phi) is 7.11. The molecule has 2 unspecified atom stereocenters. The highest BCUT2D eigenvalue weighted by Gasteiger charge is 2.31. The predicted octanol–water partition coefficient (Wildman–Crippen LogP) is 4.26. The standard InChI is InChI=1S/C20H27BrN4S/c1-22-20(23-13-15-6-3-8-17(21)12-15)24-14-16-7-4-10-25(2)19(16)18-9-5-11-26-18/h3,5-6,8-9,11-12,16,19H,4,7,10,13-14H2,1-2H3,(H2,22,23,24). The van der Waals surface area contributed by atoms with Crippen molar-refractivity contribution in [2.45, 2.75) is 25.4 Å². The zero-order valence-electron chi connectivity index (χ0n) is 15.4. The molecule has 0 spiro atoms. The monoisotopic (exact) mass is 434 g/mol. The number of rotatable bonds is 5. The fourth-order valence-electron chi connectivity index (χ4n) is 3.66. The molecule has 6 heteroatoms. The van der Waals surface area contributed by atoms with Crippen LogP contribution in [0.3, 0.4) is 0 Å². The largest absolute Gasteiger partial charge is 0.356 e. The van der Waals surface area contributed by atoms with Crippen LogP contribution in [0.15, 0.2) is 51.2 Å². The Morgan fingerprint density at radius 2 is 2.19 bits per heavy atom. The van der Waals surface area contributed by atoms with Crippen LogP contribution < -0.4 is 10.6 Å². The topological polar surface area (TPSA) is 39.7 Å². The maximum Gasteiger partial charge on any atom is 0.191 e. The average Bonchev–Trinajstić information content (AvgIpc) is 3.16. The lowest BCUT2D eigenvalue weighted by Crippen LogP contribution is -2.44. The number of halogens is 1. The number of piperidine rings is 1. The van der Waals surface area contributed by atoms with E-state index in [9.17, 15) is 0 Å². The van der Waals surface area contributed by atoms with Gasteiger partial charge in [0.05, 0.1) is 0 Å². The molecule has 26 heavy (non-hydrogen) atoms. The van der Waals surface area contributed by atoms with E-state index in [0.717, 1.165) is 23.5 Å². The van der Waals surface area contributed by atoms with Crippen molar-refractivity contribution in [3.8, 4) is 0 Å². The first kappa shape index (κ1) is 19.4. The predicted molar refractivity (Wildman–Crippen MR) is 115 cm³/mol. The number of hydrogen-bond acceptors (Lipinski definition) is 3. The number of nitrogens with one attached hydrogen (secondary N) is 2. The molecular formula is C20H27BrN4S.